The van der Waals surface area contributed by atoms with E-state index in [0.29, 0.717) is 0 Å². The lowest BCUT2D eigenvalue weighted by Crippen LogP contribution is -1.38. The zero-order valence-corrected chi connectivity index (χ0v) is 2.87. The zero-order valence-electron chi connectivity index (χ0n) is 2.87. The molecule has 0 aromatic carbocycles. The molecule has 0 spiro atoms. The molecular weight excluding hydrogens is 84.0 g/mol. The molecule has 0 aliphatic carbocycles. The molecule has 0 atom stereocenters. The Morgan fingerprint density at radius 3 is 1.50 bits per heavy atom. The van der Waals surface area contributed by atoms with Gasteiger partial charge in [-0.3, -0.25) is 0 Å². The van der Waals surface area contributed by atoms with Crippen LogP contribution in [-0.4, -0.2) is 0 Å². The molecule has 4 nitrogen and oxygen atoms in total. The normalized spacial score (nSPS) is 8.67. The maximum Gasteiger partial charge on any atom is 0.0933 e. The minimum Gasteiger partial charge on any atom is -0.145 e. The van der Waals surface area contributed by atoms with Crippen molar-refractivity contribution in [2.24, 2.45) is 10.4 Å². The fourth-order valence-electron chi connectivity index (χ4n) is 0.0544. The van der Waals surface area contributed by atoms with Gasteiger partial charge >= 0.3 is 0 Å². The first-order valence-electron chi connectivity index (χ1n) is 1.21. The van der Waals surface area contributed by atoms with E-state index in [1.54, 1.807) is 0 Å². The van der Waals surface area contributed by atoms with E-state index in [1.165, 1.54) is 0 Å². The van der Waals surface area contributed by atoms with Gasteiger partial charge in [0.05, 0.1) is 12.4 Å². The molecule has 0 aliphatic rings. The van der Waals surface area contributed by atoms with Gasteiger partial charge in [0, 0.05) is 0 Å². The number of nitrogens with zero attached hydrogens (tertiary/aromatic N) is 2. The van der Waals surface area contributed by atoms with Gasteiger partial charge in [-0.2, -0.15) is 0 Å². The minimum atomic E-state index is 0.771. The van der Waals surface area contributed by atoms with Crippen LogP contribution < -0.4 is 0 Å². The third kappa shape index (κ3) is 2.94. The molecule has 0 saturated heterocycles. The summed E-state index contributed by atoms with van der Waals surface area (Å²) >= 11 is 0. The third-order valence-electron chi connectivity index (χ3n) is 0.188. The first-order chi connectivity index (χ1) is 2.91. The van der Waals surface area contributed by atoms with Crippen LogP contribution in [0.1, 0.15) is 0 Å². The van der Waals surface area contributed by atoms with Crippen molar-refractivity contribution in [2.45, 2.75) is 0 Å². The van der Waals surface area contributed by atoms with Crippen molar-refractivity contribution in [3.8, 4) is 0 Å². The Hall–Kier alpha value is -1.06. The third-order valence-corrected chi connectivity index (χ3v) is 0.188. The predicted octanol–water partition coefficient (Wildman–Crippen LogP) is 0.990. The Kier molecular flexibility index (Phi) is 3.24. The minimum absolute atomic E-state index is 0.771. The first kappa shape index (κ1) is 4.94. The van der Waals surface area contributed by atoms with Crippen LogP contribution in [0.15, 0.2) is 22.8 Å². The summed E-state index contributed by atoms with van der Waals surface area (Å²) in [6.45, 7) is 0. The molecule has 0 amide bonds. The second-order valence-corrected chi connectivity index (χ2v) is 0.509. The highest BCUT2D eigenvalue weighted by molar-refractivity contribution is 4.74. The average Bonchev–Trinajstić information content (AvgIpc) is 1.61. The highest BCUT2D eigenvalue weighted by atomic mass is 16.3. The standard InChI is InChI=1S/C2H2N2O2/c5-3-1-2-4-6/h1-2H/b2-1+. The Balaban J connectivity index is 3.17. The van der Waals surface area contributed by atoms with Crippen molar-refractivity contribution in [1.82, 2.24) is 0 Å². The zero-order chi connectivity index (χ0) is 4.83. The van der Waals surface area contributed by atoms with Crippen molar-refractivity contribution in [2.75, 3.05) is 0 Å². The van der Waals surface area contributed by atoms with Crippen LogP contribution >= 0.6 is 0 Å². The molecule has 4 heteroatoms. The molecule has 0 heterocycles. The van der Waals surface area contributed by atoms with E-state index in [4.69, 9.17) is 9.81 Å². The molecule has 0 saturated carbocycles. The van der Waals surface area contributed by atoms with Crippen LogP contribution in [0.2, 0.25) is 0 Å². The van der Waals surface area contributed by atoms with Crippen molar-refractivity contribution >= 4 is 0 Å². The fourth-order valence-corrected chi connectivity index (χ4v) is 0.0544. The SMILES string of the molecule is O=N/C=C/N=O. The van der Waals surface area contributed by atoms with E-state index in [9.17, 15) is 0 Å². The van der Waals surface area contributed by atoms with Crippen molar-refractivity contribution < 1.29 is 0 Å². The summed E-state index contributed by atoms with van der Waals surface area (Å²) in [6, 6.07) is 0. The van der Waals surface area contributed by atoms with Gasteiger partial charge in [-0.25, -0.2) is 0 Å². The average molecular weight is 86.0 g/mol. The molecule has 0 N–H and O–H groups in total. The summed E-state index contributed by atoms with van der Waals surface area (Å²) in [5.41, 5.74) is 0. The van der Waals surface area contributed by atoms with Gasteiger partial charge in [0.1, 0.15) is 0 Å². The Morgan fingerprint density at radius 2 is 1.33 bits per heavy atom. The topological polar surface area (TPSA) is 58.9 Å². The summed E-state index contributed by atoms with van der Waals surface area (Å²) in [6.07, 6.45) is 1.54. The number of rotatable bonds is 2. The van der Waals surface area contributed by atoms with Crippen LogP contribution in [-0.2, 0) is 0 Å². The molecule has 0 aromatic heterocycles. The highest BCUT2D eigenvalue weighted by Gasteiger charge is 1.57. The van der Waals surface area contributed by atoms with Crippen molar-refractivity contribution in [1.29, 1.82) is 0 Å². The quantitative estimate of drug-likeness (QED) is 0.470. The first-order valence-corrected chi connectivity index (χ1v) is 1.21. The lowest BCUT2D eigenvalue weighted by Gasteiger charge is -1.51. The number of hydrogen-bond donors (Lipinski definition) is 0. The summed E-state index contributed by atoms with van der Waals surface area (Å²) < 4.78 is 0. The van der Waals surface area contributed by atoms with Crippen molar-refractivity contribution in [3.63, 3.8) is 0 Å². The van der Waals surface area contributed by atoms with Crippen LogP contribution in [0, 0.1) is 9.81 Å². The van der Waals surface area contributed by atoms with E-state index in [0.717, 1.165) is 12.4 Å². The maximum absolute atomic E-state index is 9.03. The predicted molar refractivity (Wildman–Crippen MR) is 20.7 cm³/mol. The van der Waals surface area contributed by atoms with E-state index in [2.05, 4.69) is 10.4 Å². The van der Waals surface area contributed by atoms with Gasteiger partial charge in [0.2, 0.25) is 0 Å². The van der Waals surface area contributed by atoms with Gasteiger partial charge < -0.3 is 0 Å². The van der Waals surface area contributed by atoms with Gasteiger partial charge in [0.15, 0.2) is 0 Å². The van der Waals surface area contributed by atoms with Gasteiger partial charge in [-0.15, -0.1) is 9.81 Å². The van der Waals surface area contributed by atoms with E-state index in [-0.39, 0.29) is 0 Å². The fraction of sp³-hybridized carbons (Fsp3) is 0. The monoisotopic (exact) mass is 86.0 g/mol. The smallest absolute Gasteiger partial charge is 0.0933 e. The lowest BCUT2D eigenvalue weighted by atomic mass is 11.0. The molecule has 0 aliphatic heterocycles. The molecule has 32 valence electrons. The Bertz CT molecular complexity index is 67.6. The van der Waals surface area contributed by atoms with Crippen molar-refractivity contribution in [3.05, 3.63) is 22.2 Å². The maximum atomic E-state index is 9.03. The lowest BCUT2D eigenvalue weighted by molar-refractivity contribution is 1.44. The number of nitroso groups, excluding NO2 is 2. The Morgan fingerprint density at radius 1 is 1.00 bits per heavy atom. The Labute approximate surface area is 33.8 Å². The molecule has 6 heavy (non-hydrogen) atoms. The van der Waals surface area contributed by atoms with Crippen LogP contribution in [0.5, 0.6) is 0 Å². The van der Waals surface area contributed by atoms with Crippen LogP contribution in [0.3, 0.4) is 0 Å². The molecule has 0 bridgehead atoms. The summed E-state index contributed by atoms with van der Waals surface area (Å²) in [5, 5.41) is 4.40. The molecular formula is C2H2N2O2. The largest absolute Gasteiger partial charge is 0.145 e. The molecule has 0 aromatic rings. The molecule has 0 radical (unpaired) electrons. The summed E-state index contributed by atoms with van der Waals surface area (Å²) in [4.78, 5) is 18.1. The van der Waals surface area contributed by atoms with Gasteiger partial charge in [0.25, 0.3) is 0 Å². The number of hydrogen-bond acceptors (Lipinski definition) is 4. The van der Waals surface area contributed by atoms with E-state index in [1.807, 2.05) is 0 Å². The summed E-state index contributed by atoms with van der Waals surface area (Å²) in [5.74, 6) is 0. The van der Waals surface area contributed by atoms with Crippen LogP contribution in [0.4, 0.5) is 0 Å². The van der Waals surface area contributed by atoms with Gasteiger partial charge in [-0.1, -0.05) is 0 Å². The molecule has 0 fully saturated rings. The van der Waals surface area contributed by atoms with E-state index < -0.39 is 0 Å². The molecule has 0 unspecified atom stereocenters. The molecule has 0 rings (SSSR count). The highest BCUT2D eigenvalue weighted by Crippen LogP contribution is 1.69. The summed E-state index contributed by atoms with van der Waals surface area (Å²) in [7, 11) is 0. The van der Waals surface area contributed by atoms with E-state index >= 15 is 0 Å². The van der Waals surface area contributed by atoms with Gasteiger partial charge in [-0.05, 0) is 10.4 Å². The van der Waals surface area contributed by atoms with Crippen LogP contribution in [0.25, 0.3) is 0 Å². The second kappa shape index (κ2) is 3.94. The second-order valence-electron chi connectivity index (χ2n) is 0.509.